The summed E-state index contributed by atoms with van der Waals surface area (Å²) in [5, 5.41) is 11.9. The number of carboxylic acids is 1. The molecule has 2 atom stereocenters. The van der Waals surface area contributed by atoms with Crippen molar-refractivity contribution in [3.8, 4) is 0 Å². The van der Waals surface area contributed by atoms with Crippen molar-refractivity contribution in [1.82, 2.24) is 5.32 Å². The maximum Gasteiger partial charge on any atom is 0.326 e. The second kappa shape index (κ2) is 35.7. The summed E-state index contributed by atoms with van der Waals surface area (Å²) in [6.45, 7) is 4.92. The molecule has 0 heterocycles. The Hall–Kier alpha value is -1.63. The molecular formula is C40H78N2O5. The molecule has 0 aromatic carbocycles. The molecule has 0 saturated heterocycles. The molecule has 7 heteroatoms. The van der Waals surface area contributed by atoms with E-state index in [2.05, 4.69) is 19.2 Å². The Morgan fingerprint density at radius 1 is 0.532 bits per heavy atom. The molecule has 278 valence electrons. The molecule has 0 aliphatic heterocycles. The van der Waals surface area contributed by atoms with E-state index in [4.69, 9.17) is 10.5 Å². The van der Waals surface area contributed by atoms with E-state index in [9.17, 15) is 19.5 Å². The lowest BCUT2D eigenvalue weighted by Gasteiger charge is -2.18. The molecule has 0 spiro atoms. The third-order valence-electron chi connectivity index (χ3n) is 9.42. The van der Waals surface area contributed by atoms with Crippen molar-refractivity contribution in [3.63, 3.8) is 0 Å². The molecule has 0 aliphatic rings. The number of unbranched alkanes of at least 4 members (excludes halogenated alkanes) is 23. The topological polar surface area (TPSA) is 119 Å². The molecule has 0 rings (SSSR count). The van der Waals surface area contributed by atoms with Crippen LogP contribution >= 0.6 is 0 Å². The summed E-state index contributed by atoms with van der Waals surface area (Å²) in [5.74, 6) is -1.25. The quantitative estimate of drug-likeness (QED) is 0.0448. The van der Waals surface area contributed by atoms with Gasteiger partial charge in [0.1, 0.15) is 12.1 Å². The van der Waals surface area contributed by atoms with Crippen LogP contribution in [0.15, 0.2) is 0 Å². The minimum absolute atomic E-state index is 0.00287. The number of hydrogen-bond acceptors (Lipinski definition) is 5. The van der Waals surface area contributed by atoms with Crippen LogP contribution in [-0.2, 0) is 19.1 Å². The molecule has 0 radical (unpaired) electrons. The summed E-state index contributed by atoms with van der Waals surface area (Å²) in [7, 11) is 0. The van der Waals surface area contributed by atoms with E-state index in [-0.39, 0.29) is 18.0 Å². The highest BCUT2D eigenvalue weighted by Crippen LogP contribution is 2.19. The van der Waals surface area contributed by atoms with Crippen LogP contribution in [-0.4, -0.2) is 41.6 Å². The van der Waals surface area contributed by atoms with Crippen LogP contribution in [0.25, 0.3) is 0 Å². The van der Waals surface area contributed by atoms with E-state index in [1.54, 1.807) is 0 Å². The van der Waals surface area contributed by atoms with Gasteiger partial charge in [-0.25, -0.2) is 4.79 Å². The molecule has 2 unspecified atom stereocenters. The van der Waals surface area contributed by atoms with Crippen LogP contribution in [0.3, 0.4) is 0 Å². The first-order chi connectivity index (χ1) is 22.9. The number of rotatable bonds is 37. The van der Waals surface area contributed by atoms with Crippen molar-refractivity contribution in [3.05, 3.63) is 0 Å². The average Bonchev–Trinajstić information content (AvgIpc) is 3.05. The maximum absolute atomic E-state index is 12.7. The molecule has 1 amide bonds. The van der Waals surface area contributed by atoms with Gasteiger partial charge in [0.05, 0.1) is 0 Å². The van der Waals surface area contributed by atoms with Crippen molar-refractivity contribution in [2.75, 3.05) is 6.54 Å². The fourth-order valence-corrected chi connectivity index (χ4v) is 6.33. The Kier molecular flexibility index (Phi) is 34.4. The maximum atomic E-state index is 12.7. The van der Waals surface area contributed by atoms with Crippen molar-refractivity contribution < 1.29 is 24.2 Å². The molecule has 0 fully saturated rings. The number of nitrogens with two attached hydrogens (primary N) is 1. The van der Waals surface area contributed by atoms with E-state index >= 15 is 0 Å². The van der Waals surface area contributed by atoms with Gasteiger partial charge in [-0.15, -0.1) is 0 Å². The second-order valence-electron chi connectivity index (χ2n) is 14.1. The molecule has 0 bridgehead atoms. The molecule has 0 aliphatic carbocycles. The fraction of sp³-hybridized carbons (Fsp3) is 0.925. The van der Waals surface area contributed by atoms with Gasteiger partial charge in [0.15, 0.2) is 0 Å². The van der Waals surface area contributed by atoms with E-state index < -0.39 is 12.0 Å². The highest BCUT2D eigenvalue weighted by molar-refractivity contribution is 5.83. The summed E-state index contributed by atoms with van der Waals surface area (Å²) in [5.41, 5.74) is 5.47. The van der Waals surface area contributed by atoms with Crippen molar-refractivity contribution in [2.45, 2.75) is 231 Å². The van der Waals surface area contributed by atoms with Crippen LogP contribution in [0, 0.1) is 0 Å². The Morgan fingerprint density at radius 3 is 1.32 bits per heavy atom. The minimum atomic E-state index is -1.01. The summed E-state index contributed by atoms with van der Waals surface area (Å²) in [4.78, 5) is 36.2. The first-order valence-electron chi connectivity index (χ1n) is 20.4. The predicted octanol–water partition coefficient (Wildman–Crippen LogP) is 10.9. The third-order valence-corrected chi connectivity index (χ3v) is 9.42. The molecule has 47 heavy (non-hydrogen) atoms. The molecule has 4 N–H and O–H groups in total. The van der Waals surface area contributed by atoms with Gasteiger partial charge in [-0.3, -0.25) is 9.59 Å². The van der Waals surface area contributed by atoms with Crippen molar-refractivity contribution in [1.29, 1.82) is 0 Å². The van der Waals surface area contributed by atoms with Crippen LogP contribution in [0.5, 0.6) is 0 Å². The summed E-state index contributed by atoms with van der Waals surface area (Å²) < 4.78 is 5.98. The normalized spacial score (nSPS) is 12.6. The van der Waals surface area contributed by atoms with Crippen molar-refractivity contribution >= 4 is 17.8 Å². The number of carbonyl (C=O) groups excluding carboxylic acids is 2. The molecule has 0 saturated carbocycles. The fourth-order valence-electron chi connectivity index (χ4n) is 6.33. The zero-order chi connectivity index (χ0) is 34.6. The molecule has 7 nitrogen and oxygen atoms in total. The van der Waals surface area contributed by atoms with Crippen LogP contribution < -0.4 is 11.1 Å². The second-order valence-corrected chi connectivity index (χ2v) is 14.1. The molecule has 0 aromatic heterocycles. The number of aliphatic carboxylic acids is 1. The highest BCUT2D eigenvalue weighted by Gasteiger charge is 2.19. The summed E-state index contributed by atoms with van der Waals surface area (Å²) in [6, 6.07) is -0.859. The van der Waals surface area contributed by atoms with Gasteiger partial charge in [0, 0.05) is 12.8 Å². The number of amides is 1. The lowest BCUT2D eigenvalue weighted by molar-refractivity contribution is -0.150. The van der Waals surface area contributed by atoms with Gasteiger partial charge in [-0.1, -0.05) is 155 Å². The van der Waals surface area contributed by atoms with Gasteiger partial charge in [0.25, 0.3) is 0 Å². The monoisotopic (exact) mass is 667 g/mol. The highest BCUT2D eigenvalue weighted by atomic mass is 16.5. The van der Waals surface area contributed by atoms with Gasteiger partial charge >= 0.3 is 11.9 Å². The predicted molar refractivity (Wildman–Crippen MR) is 198 cm³/mol. The summed E-state index contributed by atoms with van der Waals surface area (Å²) in [6.07, 6.45) is 35.8. The van der Waals surface area contributed by atoms with E-state index in [1.807, 2.05) is 0 Å². The SMILES string of the molecule is CCCCCCCCCCCCCCCCCCC(=O)OC(CCCCCCCC)CCCCCCC(=O)NC(CCCN)C(=O)O. The van der Waals surface area contributed by atoms with E-state index in [0.29, 0.717) is 32.2 Å². The largest absolute Gasteiger partial charge is 0.480 e. The number of hydrogen-bond donors (Lipinski definition) is 3. The van der Waals surface area contributed by atoms with Crippen molar-refractivity contribution in [2.24, 2.45) is 5.73 Å². The minimum Gasteiger partial charge on any atom is -0.480 e. The number of carbonyl (C=O) groups is 3. The van der Waals surface area contributed by atoms with Crippen LogP contribution in [0.4, 0.5) is 0 Å². The zero-order valence-corrected chi connectivity index (χ0v) is 31.1. The van der Waals surface area contributed by atoms with E-state index in [0.717, 1.165) is 57.8 Å². The van der Waals surface area contributed by atoms with Crippen LogP contribution in [0.1, 0.15) is 219 Å². The Bertz CT molecular complexity index is 717. The zero-order valence-electron chi connectivity index (χ0n) is 31.1. The standard InChI is InChI=1S/C40H78N2O5/c1-3-5-7-9-11-12-13-14-15-16-17-18-19-20-22-28-34-39(44)47-36(30-25-21-10-8-6-4-2)31-26-23-24-27-33-38(43)42-37(40(45)46)32-29-35-41/h36-37H,3-35,41H2,1-2H3,(H,42,43)(H,45,46). The number of carboxylic acid groups (broad SMARTS) is 1. The smallest absolute Gasteiger partial charge is 0.326 e. The molecule has 0 aromatic rings. The Morgan fingerprint density at radius 2 is 0.915 bits per heavy atom. The number of esters is 1. The van der Waals surface area contributed by atoms with Gasteiger partial charge < -0.3 is 20.9 Å². The van der Waals surface area contributed by atoms with Gasteiger partial charge in [0.2, 0.25) is 5.91 Å². The first-order valence-corrected chi connectivity index (χ1v) is 20.4. The van der Waals surface area contributed by atoms with E-state index in [1.165, 1.54) is 122 Å². The third kappa shape index (κ3) is 32.7. The van der Waals surface area contributed by atoms with Gasteiger partial charge in [-0.05, 0) is 57.9 Å². The lowest BCUT2D eigenvalue weighted by atomic mass is 10.0. The van der Waals surface area contributed by atoms with Gasteiger partial charge in [-0.2, -0.15) is 0 Å². The summed E-state index contributed by atoms with van der Waals surface area (Å²) >= 11 is 0. The Labute approximate surface area is 290 Å². The number of ether oxygens (including phenoxy) is 1. The number of nitrogens with one attached hydrogen (secondary N) is 1. The Balaban J connectivity index is 4.09. The molecular weight excluding hydrogens is 588 g/mol. The first kappa shape index (κ1) is 45.4. The average molecular weight is 667 g/mol. The van der Waals surface area contributed by atoms with Crippen LogP contribution in [0.2, 0.25) is 0 Å². The lowest BCUT2D eigenvalue weighted by Crippen LogP contribution is -2.40.